The van der Waals surface area contributed by atoms with Gasteiger partial charge in [-0.2, -0.15) is 0 Å². The number of rotatable bonds is 7. The van der Waals surface area contributed by atoms with Crippen LogP contribution in [-0.2, 0) is 17.7 Å². The van der Waals surface area contributed by atoms with E-state index in [0.717, 1.165) is 0 Å². The molecule has 0 saturated carbocycles. The van der Waals surface area contributed by atoms with Gasteiger partial charge in [-0.15, -0.1) is 0 Å². The zero-order chi connectivity index (χ0) is 31.2. The van der Waals surface area contributed by atoms with Gasteiger partial charge in [0.1, 0.15) is 11.5 Å². The van der Waals surface area contributed by atoms with E-state index < -0.39 is 27.5 Å². The van der Waals surface area contributed by atoms with E-state index in [2.05, 4.69) is 0 Å². The van der Waals surface area contributed by atoms with Crippen molar-refractivity contribution < 1.29 is 26.3 Å². The minimum Gasteiger partial charge on any atom is -0.496 e. The summed E-state index contributed by atoms with van der Waals surface area (Å²) in [6.45, 7) is 0. The molecule has 10 heteroatoms. The van der Waals surface area contributed by atoms with Crippen molar-refractivity contribution in [2.75, 3.05) is 14.2 Å². The van der Waals surface area contributed by atoms with E-state index in [1.165, 1.54) is 26.4 Å². The first-order valence-corrected chi connectivity index (χ1v) is 17.5. The molecule has 6 aromatic rings. The van der Waals surface area contributed by atoms with Crippen LogP contribution >= 0.6 is 23.2 Å². The molecule has 0 radical (unpaired) electrons. The Labute approximate surface area is 264 Å². The summed E-state index contributed by atoms with van der Waals surface area (Å²) in [6, 6.07) is 29.5. The molecule has 6 nitrogen and oxygen atoms in total. The Hall–Kier alpha value is -4.08. The lowest BCUT2D eigenvalue weighted by Crippen LogP contribution is -2.19. The summed E-state index contributed by atoms with van der Waals surface area (Å²) in [5, 5.41) is 1.66. The van der Waals surface area contributed by atoms with Gasteiger partial charge < -0.3 is 9.47 Å². The van der Waals surface area contributed by atoms with Crippen molar-refractivity contribution in [3.8, 4) is 33.8 Å². The highest BCUT2D eigenvalue weighted by Crippen LogP contribution is 2.48. The Balaban J connectivity index is 1.78. The maximum atomic E-state index is 14.9. The molecule has 222 valence electrons. The van der Waals surface area contributed by atoms with Crippen LogP contribution in [0.3, 0.4) is 0 Å². The summed E-state index contributed by atoms with van der Waals surface area (Å²) in [5.41, 5.74) is 0.842. The molecular weight excluding hydrogens is 639 g/mol. The second-order valence-electron chi connectivity index (χ2n) is 9.87. The van der Waals surface area contributed by atoms with Crippen molar-refractivity contribution in [1.29, 1.82) is 0 Å². The van der Waals surface area contributed by atoms with Crippen LogP contribution in [0.2, 0.25) is 10.0 Å². The molecule has 0 saturated heterocycles. The molecule has 0 unspecified atom stereocenters. The van der Waals surface area contributed by atoms with E-state index in [1.54, 1.807) is 97.1 Å². The number of benzene rings is 6. The standard InChI is InChI=1S/C34H24Cl2O6S2/c1-41-31-19-27(21-11-7-9-17-29(21)35)33(25-15-5-3-13-23(25)31)43(37,38)44(39,40)34-26-16-6-4-14-24(26)32(42-2)20-28(34)22-12-8-10-18-30(22)36/h3-20H,1-2H3. The Morgan fingerprint density at radius 2 is 0.773 bits per heavy atom. The van der Waals surface area contributed by atoms with Gasteiger partial charge in [-0.1, -0.05) is 108 Å². The molecule has 0 aromatic heterocycles. The maximum Gasteiger partial charge on any atom is 0.287 e. The molecular formula is C34H24Cl2O6S2. The number of halogens is 2. The molecule has 0 amide bonds. The summed E-state index contributed by atoms with van der Waals surface area (Å²) < 4.78 is 70.9. The lowest BCUT2D eigenvalue weighted by molar-refractivity contribution is 0.419. The highest BCUT2D eigenvalue weighted by atomic mass is 35.5. The van der Waals surface area contributed by atoms with Crippen LogP contribution < -0.4 is 9.47 Å². The molecule has 6 rings (SSSR count). The molecule has 0 atom stereocenters. The quantitative estimate of drug-likeness (QED) is 0.159. The second kappa shape index (κ2) is 11.4. The van der Waals surface area contributed by atoms with E-state index >= 15 is 0 Å². The lowest BCUT2D eigenvalue weighted by Gasteiger charge is -2.20. The predicted octanol–water partition coefficient (Wildman–Crippen LogP) is 8.81. The van der Waals surface area contributed by atoms with Crippen molar-refractivity contribution in [2.45, 2.75) is 9.79 Å². The van der Waals surface area contributed by atoms with Gasteiger partial charge in [0.2, 0.25) is 0 Å². The fourth-order valence-electron chi connectivity index (χ4n) is 5.49. The predicted molar refractivity (Wildman–Crippen MR) is 176 cm³/mol. The van der Waals surface area contributed by atoms with Gasteiger partial charge in [0.15, 0.2) is 0 Å². The normalized spacial score (nSPS) is 12.0. The van der Waals surface area contributed by atoms with Gasteiger partial charge in [-0.25, -0.2) is 16.8 Å². The summed E-state index contributed by atoms with van der Waals surface area (Å²) >= 11 is 13.2. The largest absolute Gasteiger partial charge is 0.496 e. The number of ether oxygens (including phenoxy) is 2. The monoisotopic (exact) mass is 662 g/mol. The maximum absolute atomic E-state index is 14.9. The highest BCUT2D eigenvalue weighted by molar-refractivity contribution is 8.67. The van der Waals surface area contributed by atoms with Crippen LogP contribution in [0.25, 0.3) is 43.8 Å². The van der Waals surface area contributed by atoms with Crippen molar-refractivity contribution >= 4 is 62.5 Å². The molecule has 44 heavy (non-hydrogen) atoms. The second-order valence-corrected chi connectivity index (χ2v) is 16.0. The average molecular weight is 664 g/mol. The molecule has 0 aliphatic heterocycles. The highest BCUT2D eigenvalue weighted by Gasteiger charge is 2.41. The number of methoxy groups -OCH3 is 2. The molecule has 0 spiro atoms. The van der Waals surface area contributed by atoms with Crippen LogP contribution in [-0.4, -0.2) is 31.1 Å². The van der Waals surface area contributed by atoms with E-state index in [4.69, 9.17) is 32.7 Å². The van der Waals surface area contributed by atoms with Crippen molar-refractivity contribution in [3.05, 3.63) is 119 Å². The van der Waals surface area contributed by atoms with Gasteiger partial charge in [0.05, 0.1) is 24.0 Å². The van der Waals surface area contributed by atoms with E-state index in [1.807, 2.05) is 0 Å². The molecule has 0 N–H and O–H groups in total. The summed E-state index contributed by atoms with van der Waals surface area (Å²) in [7, 11) is -7.52. The zero-order valence-corrected chi connectivity index (χ0v) is 26.6. The summed E-state index contributed by atoms with van der Waals surface area (Å²) in [6.07, 6.45) is 0. The van der Waals surface area contributed by atoms with Crippen LogP contribution in [0.1, 0.15) is 0 Å². The van der Waals surface area contributed by atoms with Crippen LogP contribution in [0.15, 0.2) is 119 Å². The third-order valence-corrected chi connectivity index (χ3v) is 13.3. The number of fused-ring (bicyclic) bond motifs is 2. The SMILES string of the molecule is COc1cc(-c2ccccc2Cl)c(S(=O)(=O)S(=O)(=O)c2c(-c3ccccc3Cl)cc(OC)c3ccccc23)c2ccccc12. The Bertz CT molecular complexity index is 2150. The smallest absolute Gasteiger partial charge is 0.287 e. The van der Waals surface area contributed by atoms with Crippen molar-refractivity contribution in [2.24, 2.45) is 0 Å². The van der Waals surface area contributed by atoms with E-state index in [9.17, 15) is 16.8 Å². The Morgan fingerprint density at radius 1 is 0.455 bits per heavy atom. The van der Waals surface area contributed by atoms with Gasteiger partial charge in [-0.3, -0.25) is 0 Å². The van der Waals surface area contributed by atoms with Crippen molar-refractivity contribution in [3.63, 3.8) is 0 Å². The Morgan fingerprint density at radius 3 is 1.11 bits per heavy atom. The molecule has 0 heterocycles. The fourth-order valence-corrected chi connectivity index (χ4v) is 10.6. The first-order chi connectivity index (χ1) is 21.1. The van der Waals surface area contributed by atoms with Gasteiger partial charge in [0, 0.05) is 53.8 Å². The minimum absolute atomic E-state index is 0.0897. The average Bonchev–Trinajstić information content (AvgIpc) is 3.03. The van der Waals surface area contributed by atoms with E-state index in [0.29, 0.717) is 33.4 Å². The first kappa shape index (κ1) is 30.0. The molecule has 0 bridgehead atoms. The summed E-state index contributed by atoms with van der Waals surface area (Å²) in [5.74, 6) is 0.719. The topological polar surface area (TPSA) is 86.7 Å². The van der Waals surface area contributed by atoms with E-state index in [-0.39, 0.29) is 31.9 Å². The number of hydrogen-bond donors (Lipinski definition) is 0. The molecule has 0 aliphatic rings. The number of hydrogen-bond acceptors (Lipinski definition) is 6. The minimum atomic E-state index is -5.22. The molecule has 6 aromatic carbocycles. The van der Waals surface area contributed by atoms with Crippen LogP contribution in [0.4, 0.5) is 0 Å². The zero-order valence-electron chi connectivity index (χ0n) is 23.4. The molecule has 0 fully saturated rings. The molecule has 0 aliphatic carbocycles. The third kappa shape index (κ3) is 4.70. The third-order valence-electron chi connectivity index (χ3n) is 7.47. The Kier molecular flexibility index (Phi) is 7.80. The first-order valence-electron chi connectivity index (χ1n) is 13.3. The van der Waals surface area contributed by atoms with Crippen LogP contribution in [0, 0.1) is 0 Å². The lowest BCUT2D eigenvalue weighted by atomic mass is 10.00. The van der Waals surface area contributed by atoms with Crippen molar-refractivity contribution in [1.82, 2.24) is 0 Å². The van der Waals surface area contributed by atoms with Gasteiger partial charge in [-0.05, 0) is 24.3 Å². The van der Waals surface area contributed by atoms with Gasteiger partial charge in [0.25, 0.3) is 17.7 Å². The van der Waals surface area contributed by atoms with Crippen LogP contribution in [0.5, 0.6) is 11.5 Å². The fraction of sp³-hybridized carbons (Fsp3) is 0.0588. The summed E-state index contributed by atoms with van der Waals surface area (Å²) in [4.78, 5) is -0.820. The van der Waals surface area contributed by atoms with Gasteiger partial charge >= 0.3 is 0 Å².